The predicted molar refractivity (Wildman–Crippen MR) is 71.2 cm³/mol. The van der Waals surface area contributed by atoms with Gasteiger partial charge in [-0.25, -0.2) is 0 Å². The summed E-state index contributed by atoms with van der Waals surface area (Å²) in [5.74, 6) is 0.858. The van der Waals surface area contributed by atoms with E-state index in [1.807, 2.05) is 25.1 Å². The molecule has 1 aromatic rings. The fourth-order valence-electron chi connectivity index (χ4n) is 1.93. The van der Waals surface area contributed by atoms with E-state index in [0.717, 1.165) is 35.2 Å². The maximum Gasteiger partial charge on any atom is 0.120 e. The zero-order chi connectivity index (χ0) is 12.3. The maximum absolute atomic E-state index is 5.85. The molecule has 2 N–H and O–H groups in total. The number of nitrogens with two attached hydrogens (primary N) is 1. The van der Waals surface area contributed by atoms with Gasteiger partial charge in [-0.3, -0.25) is 0 Å². The average Bonchev–Trinajstić information content (AvgIpc) is 2.78. The number of ether oxygens (including phenoxy) is 2. The van der Waals surface area contributed by atoms with E-state index in [1.165, 1.54) is 0 Å². The topological polar surface area (TPSA) is 44.5 Å². The summed E-state index contributed by atoms with van der Waals surface area (Å²) in [7, 11) is 0. The van der Waals surface area contributed by atoms with Crippen LogP contribution >= 0.6 is 15.9 Å². The number of hydrogen-bond acceptors (Lipinski definition) is 3. The molecule has 0 spiro atoms. The lowest BCUT2D eigenvalue weighted by molar-refractivity contribution is 0.0679. The third kappa shape index (κ3) is 3.44. The minimum atomic E-state index is 0.0246. The van der Waals surface area contributed by atoms with Crippen LogP contribution in [-0.4, -0.2) is 19.3 Å². The molecule has 0 radical (unpaired) electrons. The zero-order valence-electron chi connectivity index (χ0n) is 9.99. The van der Waals surface area contributed by atoms with Crippen LogP contribution in [0, 0.1) is 0 Å². The Hall–Kier alpha value is -0.580. The van der Waals surface area contributed by atoms with Gasteiger partial charge in [-0.15, -0.1) is 0 Å². The highest BCUT2D eigenvalue weighted by atomic mass is 79.9. The number of hydrogen-bond donors (Lipinski definition) is 1. The third-order valence-corrected chi connectivity index (χ3v) is 3.61. The third-order valence-electron chi connectivity index (χ3n) is 2.92. The molecule has 0 aromatic heterocycles. The van der Waals surface area contributed by atoms with Gasteiger partial charge in [0.05, 0.1) is 6.10 Å². The Morgan fingerprint density at radius 3 is 3.00 bits per heavy atom. The van der Waals surface area contributed by atoms with E-state index in [9.17, 15) is 0 Å². The van der Waals surface area contributed by atoms with Crippen LogP contribution in [0.4, 0.5) is 0 Å². The highest BCUT2D eigenvalue weighted by Crippen LogP contribution is 2.27. The lowest BCUT2D eigenvalue weighted by Crippen LogP contribution is -2.16. The molecule has 1 unspecified atom stereocenters. The molecule has 3 nitrogen and oxygen atoms in total. The Bertz CT molecular complexity index is 376. The molecule has 1 saturated heterocycles. The van der Waals surface area contributed by atoms with Gasteiger partial charge in [-0.1, -0.05) is 22.0 Å². The van der Waals surface area contributed by atoms with Crippen molar-refractivity contribution in [1.29, 1.82) is 0 Å². The second kappa shape index (κ2) is 5.85. The summed E-state index contributed by atoms with van der Waals surface area (Å²) in [6, 6.07) is 5.95. The smallest absolute Gasteiger partial charge is 0.120 e. The van der Waals surface area contributed by atoms with Crippen LogP contribution in [0.1, 0.15) is 31.4 Å². The van der Waals surface area contributed by atoms with Crippen molar-refractivity contribution in [3.63, 3.8) is 0 Å². The summed E-state index contributed by atoms with van der Waals surface area (Å²) >= 11 is 3.51. The summed E-state index contributed by atoms with van der Waals surface area (Å²) in [4.78, 5) is 0. The molecule has 0 saturated carbocycles. The highest BCUT2D eigenvalue weighted by Gasteiger charge is 2.16. The van der Waals surface area contributed by atoms with E-state index in [2.05, 4.69) is 15.9 Å². The molecular formula is C13H18BrNO2. The van der Waals surface area contributed by atoms with Crippen LogP contribution in [-0.2, 0) is 4.74 Å². The maximum atomic E-state index is 5.85. The van der Waals surface area contributed by atoms with Crippen molar-refractivity contribution >= 4 is 15.9 Å². The van der Waals surface area contributed by atoms with Crippen molar-refractivity contribution < 1.29 is 9.47 Å². The Balaban J connectivity index is 1.94. The van der Waals surface area contributed by atoms with Gasteiger partial charge >= 0.3 is 0 Å². The summed E-state index contributed by atoms with van der Waals surface area (Å²) in [6.45, 7) is 3.46. The molecule has 0 amide bonds. The summed E-state index contributed by atoms with van der Waals surface area (Å²) < 4.78 is 12.2. The standard InChI is InChI=1S/C13H18BrNO2/c1-9(15)12-5-4-10(7-13(12)14)17-8-11-3-2-6-16-11/h4-5,7,9,11H,2-3,6,8,15H2,1H3/t9-,11?/m0/s1. The van der Waals surface area contributed by atoms with Crippen LogP contribution in [0.5, 0.6) is 5.75 Å². The van der Waals surface area contributed by atoms with Crippen LogP contribution in [0.3, 0.4) is 0 Å². The van der Waals surface area contributed by atoms with Crippen molar-refractivity contribution in [2.24, 2.45) is 5.73 Å². The fraction of sp³-hybridized carbons (Fsp3) is 0.538. The molecule has 2 atom stereocenters. The van der Waals surface area contributed by atoms with E-state index in [4.69, 9.17) is 15.2 Å². The van der Waals surface area contributed by atoms with Gasteiger partial charge in [0.15, 0.2) is 0 Å². The van der Waals surface area contributed by atoms with Gasteiger partial charge in [-0.2, -0.15) is 0 Å². The van der Waals surface area contributed by atoms with Gasteiger partial charge in [0, 0.05) is 17.1 Å². The van der Waals surface area contributed by atoms with E-state index >= 15 is 0 Å². The second-order valence-electron chi connectivity index (χ2n) is 4.42. The van der Waals surface area contributed by atoms with Crippen molar-refractivity contribution in [3.05, 3.63) is 28.2 Å². The molecule has 94 valence electrons. The number of rotatable bonds is 4. The Morgan fingerprint density at radius 1 is 1.59 bits per heavy atom. The normalized spacial score (nSPS) is 21.5. The molecule has 1 heterocycles. The Labute approximate surface area is 110 Å². The molecule has 1 fully saturated rings. The van der Waals surface area contributed by atoms with Gasteiger partial charge < -0.3 is 15.2 Å². The van der Waals surface area contributed by atoms with E-state index < -0.39 is 0 Å². The van der Waals surface area contributed by atoms with Gasteiger partial charge in [0.1, 0.15) is 12.4 Å². The van der Waals surface area contributed by atoms with Crippen molar-refractivity contribution in [2.45, 2.75) is 31.9 Å². The number of halogens is 1. The predicted octanol–water partition coefficient (Wildman–Crippen LogP) is 3.03. The molecule has 1 aliphatic rings. The van der Waals surface area contributed by atoms with Crippen LogP contribution in [0.15, 0.2) is 22.7 Å². The zero-order valence-corrected chi connectivity index (χ0v) is 11.6. The second-order valence-corrected chi connectivity index (χ2v) is 5.27. The summed E-state index contributed by atoms with van der Waals surface area (Å²) in [6.07, 6.45) is 2.49. The Kier molecular flexibility index (Phi) is 4.42. The van der Waals surface area contributed by atoms with Gasteiger partial charge in [0.2, 0.25) is 0 Å². The van der Waals surface area contributed by atoms with Crippen molar-refractivity contribution in [3.8, 4) is 5.75 Å². The molecule has 17 heavy (non-hydrogen) atoms. The first-order valence-corrected chi connectivity index (χ1v) is 6.75. The van der Waals surface area contributed by atoms with E-state index in [-0.39, 0.29) is 12.1 Å². The largest absolute Gasteiger partial charge is 0.491 e. The van der Waals surface area contributed by atoms with Gasteiger partial charge in [-0.05, 0) is 37.5 Å². The molecular weight excluding hydrogens is 282 g/mol. The fourth-order valence-corrected chi connectivity index (χ4v) is 2.65. The first-order valence-electron chi connectivity index (χ1n) is 5.96. The highest BCUT2D eigenvalue weighted by molar-refractivity contribution is 9.10. The van der Waals surface area contributed by atoms with Crippen molar-refractivity contribution in [1.82, 2.24) is 0 Å². The van der Waals surface area contributed by atoms with Crippen LogP contribution < -0.4 is 10.5 Å². The van der Waals surface area contributed by atoms with Crippen LogP contribution in [0.2, 0.25) is 0 Å². The van der Waals surface area contributed by atoms with Crippen LogP contribution in [0.25, 0.3) is 0 Å². The lowest BCUT2D eigenvalue weighted by atomic mass is 10.1. The monoisotopic (exact) mass is 299 g/mol. The number of benzene rings is 1. The molecule has 1 aliphatic heterocycles. The van der Waals surface area contributed by atoms with Gasteiger partial charge in [0.25, 0.3) is 0 Å². The quantitative estimate of drug-likeness (QED) is 0.929. The molecule has 0 aliphatic carbocycles. The summed E-state index contributed by atoms with van der Waals surface area (Å²) in [5.41, 5.74) is 6.94. The van der Waals surface area contributed by atoms with E-state index in [1.54, 1.807) is 0 Å². The van der Waals surface area contributed by atoms with E-state index in [0.29, 0.717) is 6.61 Å². The first-order chi connectivity index (χ1) is 8.16. The molecule has 1 aromatic carbocycles. The SMILES string of the molecule is C[C@H](N)c1ccc(OCC2CCCO2)cc1Br. The molecule has 0 bridgehead atoms. The summed E-state index contributed by atoms with van der Waals surface area (Å²) in [5, 5.41) is 0. The lowest BCUT2D eigenvalue weighted by Gasteiger charge is -2.14. The molecule has 2 rings (SSSR count). The average molecular weight is 300 g/mol. The van der Waals surface area contributed by atoms with Crippen molar-refractivity contribution in [2.75, 3.05) is 13.2 Å². The first kappa shape index (κ1) is 12.9. The minimum absolute atomic E-state index is 0.0246. The Morgan fingerprint density at radius 2 is 2.41 bits per heavy atom. The molecule has 4 heteroatoms. The minimum Gasteiger partial charge on any atom is -0.491 e.